The lowest BCUT2D eigenvalue weighted by Gasteiger charge is -2.12. The molecule has 3 rings (SSSR count). The van der Waals surface area contributed by atoms with Gasteiger partial charge < -0.3 is 5.32 Å². The van der Waals surface area contributed by atoms with E-state index in [0.717, 1.165) is 5.56 Å². The number of hydrogen-bond donors (Lipinski definition) is 1. The molecule has 3 heteroatoms. The number of rotatable bonds is 5. The summed E-state index contributed by atoms with van der Waals surface area (Å²) in [5.41, 5.74) is 3.39. The van der Waals surface area contributed by atoms with Crippen LogP contribution in [0, 0.1) is 0 Å². The van der Waals surface area contributed by atoms with Crippen molar-refractivity contribution in [3.05, 3.63) is 82.6 Å². The molecule has 1 aromatic heterocycles. The van der Waals surface area contributed by atoms with Crippen molar-refractivity contribution in [2.24, 2.45) is 0 Å². The van der Waals surface area contributed by atoms with Gasteiger partial charge in [-0.1, -0.05) is 60.7 Å². The fourth-order valence-corrected chi connectivity index (χ4v) is 3.27. The lowest BCUT2D eigenvalue weighted by atomic mass is 10.0. The highest BCUT2D eigenvalue weighted by Gasteiger charge is 2.10. The maximum Gasteiger partial charge on any atom is 0.224 e. The Morgan fingerprint density at radius 1 is 0.957 bits per heavy atom. The molecule has 0 aliphatic rings. The van der Waals surface area contributed by atoms with Crippen LogP contribution in [0.25, 0.3) is 11.1 Å². The van der Waals surface area contributed by atoms with Crippen molar-refractivity contribution < 1.29 is 4.79 Å². The van der Waals surface area contributed by atoms with Crippen molar-refractivity contribution in [2.75, 3.05) is 0 Å². The molecule has 0 fully saturated rings. The second-order valence-electron chi connectivity index (χ2n) is 5.54. The van der Waals surface area contributed by atoms with Crippen LogP contribution >= 0.6 is 11.3 Å². The second-order valence-corrected chi connectivity index (χ2v) is 6.52. The minimum atomic E-state index is 0.0540. The summed E-state index contributed by atoms with van der Waals surface area (Å²) < 4.78 is 0. The summed E-state index contributed by atoms with van der Waals surface area (Å²) in [7, 11) is 0. The van der Waals surface area contributed by atoms with E-state index in [1.807, 2.05) is 54.8 Å². The first-order valence-electron chi connectivity index (χ1n) is 7.69. The van der Waals surface area contributed by atoms with Gasteiger partial charge in [-0.15, -0.1) is 11.3 Å². The lowest BCUT2D eigenvalue weighted by molar-refractivity contribution is -0.121. The number of nitrogens with one attached hydrogen (secondary N) is 1. The summed E-state index contributed by atoms with van der Waals surface area (Å²) in [5, 5.41) is 5.08. The van der Waals surface area contributed by atoms with E-state index in [0.29, 0.717) is 6.42 Å². The first-order valence-corrected chi connectivity index (χ1v) is 8.57. The molecule has 0 aliphatic heterocycles. The van der Waals surface area contributed by atoms with Gasteiger partial charge in [0, 0.05) is 4.88 Å². The van der Waals surface area contributed by atoms with Crippen molar-refractivity contribution in [3.8, 4) is 11.1 Å². The highest BCUT2D eigenvalue weighted by molar-refractivity contribution is 7.10. The first-order chi connectivity index (χ1) is 11.2. The summed E-state index contributed by atoms with van der Waals surface area (Å²) in [6.45, 7) is 2.02. The zero-order valence-corrected chi connectivity index (χ0v) is 13.8. The molecule has 2 nitrogen and oxygen atoms in total. The molecule has 1 heterocycles. The number of thiophene rings is 1. The van der Waals surface area contributed by atoms with Crippen LogP contribution in [0.1, 0.15) is 23.4 Å². The first kappa shape index (κ1) is 15.5. The Hall–Kier alpha value is -2.39. The number of carbonyl (C=O) groups is 1. The van der Waals surface area contributed by atoms with E-state index in [2.05, 4.69) is 29.6 Å². The minimum Gasteiger partial charge on any atom is -0.348 e. The summed E-state index contributed by atoms with van der Waals surface area (Å²) in [4.78, 5) is 13.3. The molecular formula is C20H19NOS. The van der Waals surface area contributed by atoms with Crippen LogP contribution < -0.4 is 5.32 Å². The average molecular weight is 321 g/mol. The van der Waals surface area contributed by atoms with Gasteiger partial charge in [-0.05, 0) is 35.1 Å². The van der Waals surface area contributed by atoms with Gasteiger partial charge in [0.2, 0.25) is 5.91 Å². The van der Waals surface area contributed by atoms with E-state index in [-0.39, 0.29) is 11.9 Å². The van der Waals surface area contributed by atoms with Crippen molar-refractivity contribution in [2.45, 2.75) is 19.4 Å². The molecule has 2 aromatic carbocycles. The molecule has 1 amide bonds. The molecule has 0 unspecified atom stereocenters. The molecule has 23 heavy (non-hydrogen) atoms. The predicted molar refractivity (Wildman–Crippen MR) is 96.5 cm³/mol. The smallest absolute Gasteiger partial charge is 0.224 e. The van der Waals surface area contributed by atoms with Crippen molar-refractivity contribution in [3.63, 3.8) is 0 Å². The zero-order chi connectivity index (χ0) is 16.1. The number of carbonyl (C=O) groups excluding carboxylic acids is 1. The molecule has 0 saturated carbocycles. The third-order valence-electron chi connectivity index (χ3n) is 3.77. The van der Waals surface area contributed by atoms with Crippen LogP contribution in [0.2, 0.25) is 0 Å². The number of hydrogen-bond acceptors (Lipinski definition) is 2. The molecule has 116 valence electrons. The lowest BCUT2D eigenvalue weighted by Crippen LogP contribution is -2.27. The summed E-state index contributed by atoms with van der Waals surface area (Å²) in [6, 6.07) is 22.6. The second kappa shape index (κ2) is 7.25. The Morgan fingerprint density at radius 3 is 2.30 bits per heavy atom. The molecule has 0 saturated heterocycles. The highest BCUT2D eigenvalue weighted by Crippen LogP contribution is 2.20. The third-order valence-corrected chi connectivity index (χ3v) is 4.83. The van der Waals surface area contributed by atoms with Crippen LogP contribution in [0.3, 0.4) is 0 Å². The molecule has 0 spiro atoms. The maximum absolute atomic E-state index is 12.2. The molecular weight excluding hydrogens is 302 g/mol. The summed E-state index contributed by atoms with van der Waals surface area (Å²) in [5.74, 6) is 0.0540. The molecule has 1 atom stereocenters. The van der Waals surface area contributed by atoms with Crippen molar-refractivity contribution >= 4 is 17.2 Å². The van der Waals surface area contributed by atoms with Crippen LogP contribution in [-0.2, 0) is 11.2 Å². The highest BCUT2D eigenvalue weighted by atomic mass is 32.1. The van der Waals surface area contributed by atoms with E-state index in [1.54, 1.807) is 11.3 Å². The maximum atomic E-state index is 12.2. The fourth-order valence-electron chi connectivity index (χ4n) is 2.53. The molecule has 0 aliphatic carbocycles. The minimum absolute atomic E-state index is 0.0540. The average Bonchev–Trinajstić information content (AvgIpc) is 3.11. The quantitative estimate of drug-likeness (QED) is 0.716. The molecule has 0 bridgehead atoms. The number of amides is 1. The number of benzene rings is 2. The van der Waals surface area contributed by atoms with Crippen LogP contribution in [-0.4, -0.2) is 5.91 Å². The Morgan fingerprint density at radius 2 is 1.65 bits per heavy atom. The van der Waals surface area contributed by atoms with Crippen LogP contribution in [0.15, 0.2) is 72.1 Å². The standard InChI is InChI=1S/C20H19NOS/c1-15(19-8-5-13-23-19)21-20(22)14-16-9-11-18(12-10-16)17-6-3-2-4-7-17/h2-13,15H,14H2,1H3,(H,21,22)/t15-/m0/s1. The summed E-state index contributed by atoms with van der Waals surface area (Å²) >= 11 is 1.66. The van der Waals surface area contributed by atoms with E-state index in [4.69, 9.17) is 0 Å². The van der Waals surface area contributed by atoms with Gasteiger partial charge in [-0.2, -0.15) is 0 Å². The van der Waals surface area contributed by atoms with E-state index in [9.17, 15) is 4.79 Å². The largest absolute Gasteiger partial charge is 0.348 e. The van der Waals surface area contributed by atoms with E-state index in [1.165, 1.54) is 16.0 Å². The Kier molecular flexibility index (Phi) is 4.89. The van der Waals surface area contributed by atoms with Crippen LogP contribution in [0.5, 0.6) is 0 Å². The van der Waals surface area contributed by atoms with E-state index >= 15 is 0 Å². The van der Waals surface area contributed by atoms with Gasteiger partial charge in [0.25, 0.3) is 0 Å². The Balaban J connectivity index is 1.61. The van der Waals surface area contributed by atoms with Gasteiger partial charge in [0.1, 0.15) is 0 Å². The van der Waals surface area contributed by atoms with Gasteiger partial charge in [0.05, 0.1) is 12.5 Å². The van der Waals surface area contributed by atoms with Gasteiger partial charge >= 0.3 is 0 Å². The van der Waals surface area contributed by atoms with Crippen LogP contribution in [0.4, 0.5) is 0 Å². The third kappa shape index (κ3) is 4.08. The molecule has 0 radical (unpaired) electrons. The fraction of sp³-hybridized carbons (Fsp3) is 0.150. The normalized spacial score (nSPS) is 11.9. The Labute approximate surface area is 140 Å². The van der Waals surface area contributed by atoms with Gasteiger partial charge in [-0.3, -0.25) is 4.79 Å². The van der Waals surface area contributed by atoms with E-state index < -0.39 is 0 Å². The summed E-state index contributed by atoms with van der Waals surface area (Å²) in [6.07, 6.45) is 0.408. The predicted octanol–water partition coefficient (Wildman–Crippen LogP) is 4.84. The zero-order valence-electron chi connectivity index (χ0n) is 13.0. The van der Waals surface area contributed by atoms with Crippen molar-refractivity contribution in [1.29, 1.82) is 0 Å². The van der Waals surface area contributed by atoms with Gasteiger partial charge in [-0.25, -0.2) is 0 Å². The van der Waals surface area contributed by atoms with Gasteiger partial charge in [0.15, 0.2) is 0 Å². The SMILES string of the molecule is C[C@H](NC(=O)Cc1ccc(-c2ccccc2)cc1)c1cccs1. The molecule has 1 N–H and O–H groups in total. The topological polar surface area (TPSA) is 29.1 Å². The van der Waals surface area contributed by atoms with Crippen molar-refractivity contribution in [1.82, 2.24) is 5.32 Å². The monoisotopic (exact) mass is 321 g/mol. The molecule has 3 aromatic rings. The Bertz CT molecular complexity index is 748.